The normalized spacial score (nSPS) is 20.1. The van der Waals surface area contributed by atoms with Crippen LogP contribution in [0.4, 0.5) is 11.6 Å². The minimum absolute atomic E-state index is 0.267. The van der Waals surface area contributed by atoms with E-state index in [9.17, 15) is 9.90 Å². The van der Waals surface area contributed by atoms with Gasteiger partial charge in [-0.05, 0) is 37.1 Å². The zero-order valence-corrected chi connectivity index (χ0v) is 13.5. The van der Waals surface area contributed by atoms with Gasteiger partial charge in [0.15, 0.2) is 5.72 Å². The summed E-state index contributed by atoms with van der Waals surface area (Å²) >= 11 is 0. The third kappa shape index (κ3) is 3.16. The van der Waals surface area contributed by atoms with E-state index in [0.717, 1.165) is 25.1 Å². The lowest BCUT2D eigenvalue weighted by Gasteiger charge is -2.39. The monoisotopic (exact) mass is 328 g/mol. The number of carbonyl (C=O) groups is 1. The predicted molar refractivity (Wildman–Crippen MR) is 90.2 cm³/mol. The van der Waals surface area contributed by atoms with Crippen LogP contribution in [0.3, 0.4) is 0 Å². The molecule has 0 bridgehead atoms. The zero-order chi connectivity index (χ0) is 17.0. The van der Waals surface area contributed by atoms with E-state index in [1.54, 1.807) is 43.8 Å². The standard InChI is InChI=1S/C17H20N4O3/c1-24-17(12-20-16-18-8-4-9-19-16)7-3-10-21(17)14-6-2-5-13(11-14)15(22)23/h2,4-6,8-9,11H,3,7,10,12H2,1H3,(H,22,23)(H,18,19,20)/t17-/m0/s1. The molecule has 0 amide bonds. The van der Waals surface area contributed by atoms with Gasteiger partial charge in [-0.3, -0.25) is 0 Å². The molecule has 1 fully saturated rings. The molecule has 1 atom stereocenters. The van der Waals surface area contributed by atoms with Gasteiger partial charge in [-0.15, -0.1) is 0 Å². The molecule has 0 aliphatic carbocycles. The van der Waals surface area contributed by atoms with E-state index >= 15 is 0 Å². The lowest BCUT2D eigenvalue weighted by Crippen LogP contribution is -2.51. The average Bonchev–Trinajstić information content (AvgIpc) is 3.05. The summed E-state index contributed by atoms with van der Waals surface area (Å²) in [6, 6.07) is 8.69. The largest absolute Gasteiger partial charge is 0.478 e. The number of nitrogens with zero attached hydrogens (tertiary/aromatic N) is 3. The Morgan fingerprint density at radius 1 is 1.38 bits per heavy atom. The number of aromatic nitrogens is 2. The first kappa shape index (κ1) is 16.2. The number of benzene rings is 1. The fourth-order valence-electron chi connectivity index (χ4n) is 3.10. The number of anilines is 2. The molecule has 0 radical (unpaired) electrons. The smallest absolute Gasteiger partial charge is 0.335 e. The molecule has 1 aliphatic heterocycles. The van der Waals surface area contributed by atoms with Crippen LogP contribution in [-0.4, -0.2) is 47.0 Å². The van der Waals surface area contributed by atoms with E-state index in [-0.39, 0.29) is 5.56 Å². The lowest BCUT2D eigenvalue weighted by atomic mass is 10.1. The van der Waals surface area contributed by atoms with E-state index in [1.807, 2.05) is 6.07 Å². The SMILES string of the molecule is CO[C@]1(CNc2ncccn2)CCCN1c1cccc(C(=O)O)c1. The minimum Gasteiger partial charge on any atom is -0.478 e. The number of rotatable bonds is 6. The fraction of sp³-hybridized carbons (Fsp3) is 0.353. The van der Waals surface area contributed by atoms with E-state index < -0.39 is 11.7 Å². The van der Waals surface area contributed by atoms with E-state index in [1.165, 1.54) is 0 Å². The maximum atomic E-state index is 11.2. The summed E-state index contributed by atoms with van der Waals surface area (Å²) in [4.78, 5) is 21.7. The molecule has 7 heteroatoms. The summed E-state index contributed by atoms with van der Waals surface area (Å²) in [6.07, 6.45) is 5.15. The molecule has 3 rings (SSSR count). The second-order valence-electron chi connectivity index (χ2n) is 5.69. The number of ether oxygens (including phenoxy) is 1. The van der Waals surface area contributed by atoms with Crippen LogP contribution in [0.2, 0.25) is 0 Å². The van der Waals surface area contributed by atoms with Crippen LogP contribution in [0.1, 0.15) is 23.2 Å². The maximum Gasteiger partial charge on any atom is 0.335 e. The van der Waals surface area contributed by atoms with Crippen molar-refractivity contribution in [1.29, 1.82) is 0 Å². The fourth-order valence-corrected chi connectivity index (χ4v) is 3.10. The minimum atomic E-state index is -0.935. The molecule has 2 N–H and O–H groups in total. The number of carboxylic acids is 1. The highest BCUT2D eigenvalue weighted by molar-refractivity contribution is 5.88. The van der Waals surface area contributed by atoms with Gasteiger partial charge in [0, 0.05) is 31.7 Å². The molecule has 1 saturated heterocycles. The Morgan fingerprint density at radius 3 is 2.88 bits per heavy atom. The first-order valence-corrected chi connectivity index (χ1v) is 7.82. The number of carboxylic acid groups (broad SMARTS) is 1. The molecule has 2 heterocycles. The average molecular weight is 328 g/mol. The number of aromatic carboxylic acids is 1. The van der Waals surface area contributed by atoms with Crippen LogP contribution in [0, 0.1) is 0 Å². The van der Waals surface area contributed by atoms with Crippen molar-refractivity contribution >= 4 is 17.6 Å². The summed E-state index contributed by atoms with van der Waals surface area (Å²) in [5.74, 6) is -0.394. The third-order valence-electron chi connectivity index (χ3n) is 4.31. The van der Waals surface area contributed by atoms with Gasteiger partial charge in [0.2, 0.25) is 5.95 Å². The van der Waals surface area contributed by atoms with Crippen LogP contribution in [-0.2, 0) is 4.74 Å². The van der Waals surface area contributed by atoms with Crippen LogP contribution >= 0.6 is 0 Å². The van der Waals surface area contributed by atoms with E-state index in [4.69, 9.17) is 4.74 Å². The number of methoxy groups -OCH3 is 1. The van der Waals surface area contributed by atoms with Crippen molar-refractivity contribution in [2.45, 2.75) is 18.6 Å². The van der Waals surface area contributed by atoms with Gasteiger partial charge in [0.1, 0.15) is 0 Å². The molecule has 0 spiro atoms. The third-order valence-corrected chi connectivity index (χ3v) is 4.31. The molecular weight excluding hydrogens is 308 g/mol. The molecule has 0 unspecified atom stereocenters. The predicted octanol–water partition coefficient (Wildman–Crippen LogP) is 2.23. The summed E-state index contributed by atoms with van der Waals surface area (Å²) in [5, 5.41) is 12.4. The number of nitrogens with one attached hydrogen (secondary N) is 1. The van der Waals surface area contributed by atoms with Crippen molar-refractivity contribution in [3.63, 3.8) is 0 Å². The topological polar surface area (TPSA) is 87.6 Å². The molecule has 7 nitrogen and oxygen atoms in total. The van der Waals surface area contributed by atoms with Gasteiger partial charge in [-0.1, -0.05) is 6.07 Å². The van der Waals surface area contributed by atoms with Crippen LogP contribution < -0.4 is 10.2 Å². The van der Waals surface area contributed by atoms with Crippen molar-refractivity contribution in [2.75, 3.05) is 30.4 Å². The number of hydrogen-bond donors (Lipinski definition) is 2. The first-order chi connectivity index (χ1) is 11.6. The highest BCUT2D eigenvalue weighted by Crippen LogP contribution is 2.35. The Labute approximate surface area is 140 Å². The Bertz CT molecular complexity index is 710. The van der Waals surface area contributed by atoms with Crippen molar-refractivity contribution in [1.82, 2.24) is 9.97 Å². The zero-order valence-electron chi connectivity index (χ0n) is 13.5. The Balaban J connectivity index is 1.83. The maximum absolute atomic E-state index is 11.2. The van der Waals surface area contributed by atoms with Gasteiger partial charge < -0.3 is 20.1 Å². The Kier molecular flexibility index (Phi) is 4.61. The van der Waals surface area contributed by atoms with Crippen molar-refractivity contribution in [2.24, 2.45) is 0 Å². The second kappa shape index (κ2) is 6.84. The van der Waals surface area contributed by atoms with Gasteiger partial charge in [-0.25, -0.2) is 14.8 Å². The molecular formula is C17H20N4O3. The van der Waals surface area contributed by atoms with Crippen molar-refractivity contribution in [3.8, 4) is 0 Å². The van der Waals surface area contributed by atoms with Gasteiger partial charge in [0.05, 0.1) is 12.1 Å². The summed E-state index contributed by atoms with van der Waals surface area (Å²) in [5.41, 5.74) is 0.546. The summed E-state index contributed by atoms with van der Waals surface area (Å²) in [7, 11) is 1.67. The van der Waals surface area contributed by atoms with Gasteiger partial charge in [-0.2, -0.15) is 0 Å². The molecule has 126 valence electrons. The second-order valence-corrected chi connectivity index (χ2v) is 5.69. The Hall–Kier alpha value is -2.67. The molecule has 24 heavy (non-hydrogen) atoms. The highest BCUT2D eigenvalue weighted by Gasteiger charge is 2.41. The Morgan fingerprint density at radius 2 is 2.17 bits per heavy atom. The quantitative estimate of drug-likeness (QED) is 0.840. The van der Waals surface area contributed by atoms with Crippen LogP contribution in [0.5, 0.6) is 0 Å². The van der Waals surface area contributed by atoms with Gasteiger partial charge in [0.25, 0.3) is 0 Å². The molecule has 1 aromatic heterocycles. The van der Waals surface area contributed by atoms with Crippen LogP contribution in [0.15, 0.2) is 42.7 Å². The summed E-state index contributed by atoms with van der Waals surface area (Å²) in [6.45, 7) is 1.30. The van der Waals surface area contributed by atoms with Crippen molar-refractivity contribution < 1.29 is 14.6 Å². The van der Waals surface area contributed by atoms with Crippen molar-refractivity contribution in [3.05, 3.63) is 48.3 Å². The lowest BCUT2D eigenvalue weighted by molar-refractivity contribution is 0.0102. The molecule has 2 aromatic rings. The molecule has 0 saturated carbocycles. The number of hydrogen-bond acceptors (Lipinski definition) is 6. The van der Waals surface area contributed by atoms with Crippen LogP contribution in [0.25, 0.3) is 0 Å². The van der Waals surface area contributed by atoms with E-state index in [2.05, 4.69) is 20.2 Å². The van der Waals surface area contributed by atoms with Gasteiger partial charge >= 0.3 is 5.97 Å². The highest BCUT2D eigenvalue weighted by atomic mass is 16.5. The van der Waals surface area contributed by atoms with E-state index in [0.29, 0.717) is 12.5 Å². The molecule has 1 aliphatic rings. The molecule has 1 aromatic carbocycles. The first-order valence-electron chi connectivity index (χ1n) is 7.82. The summed E-state index contributed by atoms with van der Waals surface area (Å²) < 4.78 is 5.85.